The van der Waals surface area contributed by atoms with Gasteiger partial charge in [0.05, 0.1) is 26.0 Å². The van der Waals surface area contributed by atoms with Crippen LogP contribution < -0.4 is 14.2 Å². The highest BCUT2D eigenvalue weighted by molar-refractivity contribution is 6.09. The molecule has 0 saturated heterocycles. The average Bonchev–Trinajstić information content (AvgIpc) is 3.33. The van der Waals surface area contributed by atoms with Crippen molar-refractivity contribution in [2.75, 3.05) is 14.2 Å². The number of hydrogen-bond acceptors (Lipinski definition) is 5. The number of halogens is 2. The fraction of sp³-hybridized carbons (Fsp3) is 0.267. The number of ether oxygens (including phenoxy) is 3. The summed E-state index contributed by atoms with van der Waals surface area (Å²) in [6.45, 7) is -2.98. The van der Waals surface area contributed by atoms with E-state index in [1.807, 2.05) is 48.5 Å². The maximum atomic E-state index is 13.8. The Kier molecular flexibility index (Phi) is 7.40. The number of amides is 1. The Bertz CT molecular complexity index is 1350. The Hall–Kier alpha value is -4.20. The zero-order valence-corrected chi connectivity index (χ0v) is 21.1. The second-order valence-electron chi connectivity index (χ2n) is 9.20. The Balaban J connectivity index is 1.54. The zero-order valence-electron chi connectivity index (χ0n) is 21.1. The molecule has 3 aromatic carbocycles. The number of hydrogen-bond donors (Lipinski definition) is 0. The lowest BCUT2D eigenvalue weighted by Gasteiger charge is -2.29. The largest absolute Gasteiger partial charge is 0.497 e. The SMILES string of the molecule is COc1ccc(/C=C2/CCC[C@@H]3C2=NN(C(=O)c2cccc(OC(F)F)c2)[C@H]3c2ccc(OC)cc2)cc1. The predicted molar refractivity (Wildman–Crippen MR) is 141 cm³/mol. The monoisotopic (exact) mass is 518 g/mol. The lowest BCUT2D eigenvalue weighted by Crippen LogP contribution is -2.32. The highest BCUT2D eigenvalue weighted by Gasteiger charge is 2.44. The van der Waals surface area contributed by atoms with Gasteiger partial charge < -0.3 is 14.2 Å². The number of nitrogens with zero attached hydrogens (tertiary/aromatic N) is 2. The molecule has 1 saturated carbocycles. The number of benzene rings is 3. The number of fused-ring (bicyclic) bond motifs is 1. The molecular formula is C30H28F2N2O4. The van der Waals surface area contributed by atoms with E-state index < -0.39 is 6.61 Å². The number of hydrazone groups is 1. The smallest absolute Gasteiger partial charge is 0.387 e. The Morgan fingerprint density at radius 3 is 2.32 bits per heavy atom. The third kappa shape index (κ3) is 5.25. The summed E-state index contributed by atoms with van der Waals surface area (Å²) in [4.78, 5) is 13.8. The van der Waals surface area contributed by atoms with Crippen molar-refractivity contribution in [2.45, 2.75) is 31.9 Å². The minimum atomic E-state index is -2.98. The van der Waals surface area contributed by atoms with Crippen LogP contribution in [0.3, 0.4) is 0 Å². The zero-order chi connectivity index (χ0) is 26.6. The average molecular weight is 519 g/mol. The molecule has 1 aliphatic heterocycles. The Morgan fingerprint density at radius 2 is 1.66 bits per heavy atom. The molecule has 0 unspecified atom stereocenters. The first-order valence-corrected chi connectivity index (χ1v) is 12.4. The van der Waals surface area contributed by atoms with Gasteiger partial charge in [-0.1, -0.05) is 30.3 Å². The van der Waals surface area contributed by atoms with Gasteiger partial charge in [0, 0.05) is 11.5 Å². The minimum absolute atomic E-state index is 0.00825. The van der Waals surface area contributed by atoms with E-state index in [1.165, 1.54) is 23.2 Å². The lowest BCUT2D eigenvalue weighted by atomic mass is 9.77. The molecule has 5 rings (SSSR count). The molecule has 38 heavy (non-hydrogen) atoms. The fourth-order valence-electron chi connectivity index (χ4n) is 5.14. The Labute approximate surface area is 220 Å². The molecule has 0 aromatic heterocycles. The number of carbonyl (C=O) groups is 1. The van der Waals surface area contributed by atoms with Crippen LogP contribution in [0.15, 0.2) is 83.5 Å². The predicted octanol–water partition coefficient (Wildman–Crippen LogP) is 6.74. The number of alkyl halides is 2. The number of allylic oxidation sites excluding steroid dienone is 1. The topological polar surface area (TPSA) is 60.4 Å². The molecule has 196 valence electrons. The maximum absolute atomic E-state index is 13.8. The molecule has 2 aliphatic rings. The van der Waals surface area contributed by atoms with Crippen LogP contribution in [0.5, 0.6) is 17.2 Å². The summed E-state index contributed by atoms with van der Waals surface area (Å²) < 4.78 is 40.7. The van der Waals surface area contributed by atoms with Gasteiger partial charge in [0.1, 0.15) is 17.2 Å². The summed E-state index contributed by atoms with van der Waals surface area (Å²) in [6, 6.07) is 20.9. The standard InChI is InChI=1S/C30H28F2N2O4/c1-36-23-13-9-19(10-14-23)17-21-5-4-8-26-27(21)33-34(28(26)20-11-15-24(37-2)16-12-20)29(35)22-6-3-7-25(18-22)38-30(31)32/h3,6-7,9-18,26,28,30H,4-5,8H2,1-2H3/b21-17-/t26-,28+/m1/s1. The van der Waals surface area contributed by atoms with Crippen LogP contribution in [0, 0.1) is 5.92 Å². The summed E-state index contributed by atoms with van der Waals surface area (Å²) in [5.41, 5.74) is 4.13. The lowest BCUT2D eigenvalue weighted by molar-refractivity contribution is -0.0499. The molecule has 0 bridgehead atoms. The molecule has 1 fully saturated rings. The first-order chi connectivity index (χ1) is 18.5. The van der Waals surface area contributed by atoms with Crippen molar-refractivity contribution >= 4 is 17.7 Å². The van der Waals surface area contributed by atoms with Gasteiger partial charge in [-0.15, -0.1) is 0 Å². The summed E-state index contributed by atoms with van der Waals surface area (Å²) in [6.07, 6.45) is 4.78. The molecule has 3 aromatic rings. The van der Waals surface area contributed by atoms with Gasteiger partial charge in [0.2, 0.25) is 0 Å². The van der Waals surface area contributed by atoms with Gasteiger partial charge in [0.15, 0.2) is 0 Å². The van der Waals surface area contributed by atoms with E-state index in [2.05, 4.69) is 10.8 Å². The highest BCUT2D eigenvalue weighted by atomic mass is 19.3. The van der Waals surface area contributed by atoms with E-state index in [0.717, 1.165) is 47.4 Å². The van der Waals surface area contributed by atoms with Crippen molar-refractivity contribution in [2.24, 2.45) is 11.0 Å². The van der Waals surface area contributed by atoms with Gasteiger partial charge in [-0.05, 0) is 84.5 Å². The van der Waals surface area contributed by atoms with Crippen LogP contribution >= 0.6 is 0 Å². The third-order valence-corrected chi connectivity index (χ3v) is 6.93. The number of rotatable bonds is 7. The summed E-state index contributed by atoms with van der Waals surface area (Å²) in [5.74, 6) is 1.03. The Morgan fingerprint density at radius 1 is 0.974 bits per heavy atom. The first kappa shape index (κ1) is 25.4. The third-order valence-electron chi connectivity index (χ3n) is 6.93. The number of methoxy groups -OCH3 is 2. The van der Waals surface area contributed by atoms with Gasteiger partial charge in [0.25, 0.3) is 5.91 Å². The molecule has 0 spiro atoms. The van der Waals surface area contributed by atoms with Crippen LogP contribution in [-0.4, -0.2) is 37.5 Å². The normalized spacial score (nSPS) is 19.8. The van der Waals surface area contributed by atoms with Crippen LogP contribution in [0.4, 0.5) is 8.78 Å². The van der Waals surface area contributed by atoms with Crippen LogP contribution in [0.2, 0.25) is 0 Å². The van der Waals surface area contributed by atoms with E-state index in [4.69, 9.17) is 14.6 Å². The van der Waals surface area contributed by atoms with E-state index >= 15 is 0 Å². The molecule has 1 aliphatic carbocycles. The van der Waals surface area contributed by atoms with Gasteiger partial charge >= 0.3 is 6.61 Å². The van der Waals surface area contributed by atoms with Gasteiger partial charge in [-0.25, -0.2) is 5.01 Å². The van der Waals surface area contributed by atoms with Crippen LogP contribution in [0.25, 0.3) is 6.08 Å². The van der Waals surface area contributed by atoms with Crippen molar-refractivity contribution in [3.05, 3.63) is 95.1 Å². The second-order valence-corrected chi connectivity index (χ2v) is 9.20. The molecular weight excluding hydrogens is 490 g/mol. The molecule has 0 radical (unpaired) electrons. The van der Waals surface area contributed by atoms with Crippen molar-refractivity contribution in [3.8, 4) is 17.2 Å². The molecule has 1 amide bonds. The van der Waals surface area contributed by atoms with Crippen molar-refractivity contribution in [3.63, 3.8) is 0 Å². The maximum Gasteiger partial charge on any atom is 0.387 e. The van der Waals surface area contributed by atoms with E-state index in [1.54, 1.807) is 20.3 Å². The van der Waals surface area contributed by atoms with Crippen LogP contribution in [0.1, 0.15) is 46.8 Å². The van der Waals surface area contributed by atoms with E-state index in [9.17, 15) is 13.6 Å². The molecule has 8 heteroatoms. The molecule has 2 atom stereocenters. The van der Waals surface area contributed by atoms with Crippen molar-refractivity contribution in [1.82, 2.24) is 5.01 Å². The molecule has 1 heterocycles. The summed E-state index contributed by atoms with van der Waals surface area (Å²) >= 11 is 0. The fourth-order valence-corrected chi connectivity index (χ4v) is 5.14. The quantitative estimate of drug-likeness (QED) is 0.348. The molecule has 6 nitrogen and oxygen atoms in total. The van der Waals surface area contributed by atoms with Gasteiger partial charge in [-0.3, -0.25) is 4.79 Å². The van der Waals surface area contributed by atoms with Crippen molar-refractivity contribution in [1.29, 1.82) is 0 Å². The minimum Gasteiger partial charge on any atom is -0.497 e. The van der Waals surface area contributed by atoms with Crippen LogP contribution in [-0.2, 0) is 0 Å². The molecule has 0 N–H and O–H groups in total. The van der Waals surface area contributed by atoms with Crippen molar-refractivity contribution < 1.29 is 27.8 Å². The second kappa shape index (κ2) is 11.0. The van der Waals surface area contributed by atoms with E-state index in [0.29, 0.717) is 5.75 Å². The highest BCUT2D eigenvalue weighted by Crippen LogP contribution is 2.45. The summed E-state index contributed by atoms with van der Waals surface area (Å²) in [7, 11) is 3.24. The van der Waals surface area contributed by atoms with E-state index in [-0.39, 0.29) is 29.2 Å². The van der Waals surface area contributed by atoms with Gasteiger partial charge in [-0.2, -0.15) is 13.9 Å². The first-order valence-electron chi connectivity index (χ1n) is 12.4. The number of carbonyl (C=O) groups excluding carboxylic acids is 1. The summed E-state index contributed by atoms with van der Waals surface area (Å²) in [5, 5.41) is 6.37.